The summed E-state index contributed by atoms with van der Waals surface area (Å²) in [6.07, 6.45) is 0.506. The molecule has 2 saturated heterocycles. The lowest BCUT2D eigenvalue weighted by Gasteiger charge is -2.31. The van der Waals surface area contributed by atoms with Gasteiger partial charge in [0.2, 0.25) is 5.91 Å². The summed E-state index contributed by atoms with van der Waals surface area (Å²) in [4.78, 5) is 28.0. The summed E-state index contributed by atoms with van der Waals surface area (Å²) in [6.45, 7) is 3.49. The number of carbonyl (C=O) groups is 2. The van der Waals surface area contributed by atoms with E-state index >= 15 is 0 Å². The molecular weight excluding hydrogens is 280 g/mol. The smallest absolute Gasteiger partial charge is 0.321 e. The SMILES string of the molecule is CN1C[C@]2(CNCCN(C(=O)Nc3ccccc3)C2)CC1=O. The molecule has 0 saturated carbocycles. The molecule has 1 aromatic carbocycles. The van der Waals surface area contributed by atoms with E-state index in [0.29, 0.717) is 26.1 Å². The van der Waals surface area contributed by atoms with Gasteiger partial charge in [-0.25, -0.2) is 4.79 Å². The number of nitrogens with one attached hydrogen (secondary N) is 2. The topological polar surface area (TPSA) is 64.7 Å². The fourth-order valence-electron chi connectivity index (χ4n) is 3.33. The third-order valence-electron chi connectivity index (χ3n) is 4.42. The third kappa shape index (κ3) is 3.06. The van der Waals surface area contributed by atoms with Crippen LogP contribution in [0.3, 0.4) is 0 Å². The second kappa shape index (κ2) is 5.96. The minimum atomic E-state index is -0.170. The molecule has 0 aromatic heterocycles. The molecule has 2 aliphatic heterocycles. The molecule has 2 heterocycles. The summed E-state index contributed by atoms with van der Waals surface area (Å²) < 4.78 is 0. The van der Waals surface area contributed by atoms with Crippen molar-refractivity contribution >= 4 is 17.6 Å². The van der Waals surface area contributed by atoms with Crippen LogP contribution in [0.1, 0.15) is 6.42 Å². The molecule has 3 amide bonds. The summed E-state index contributed by atoms with van der Waals surface area (Å²) in [5.74, 6) is 0.159. The number of benzene rings is 1. The zero-order valence-corrected chi connectivity index (χ0v) is 12.8. The summed E-state index contributed by atoms with van der Waals surface area (Å²) in [5, 5.41) is 6.30. The van der Waals surface area contributed by atoms with Crippen molar-refractivity contribution in [2.24, 2.45) is 5.41 Å². The Kier molecular flexibility index (Phi) is 4.02. The number of anilines is 1. The van der Waals surface area contributed by atoms with Crippen LogP contribution in [0.15, 0.2) is 30.3 Å². The number of rotatable bonds is 1. The van der Waals surface area contributed by atoms with Crippen molar-refractivity contribution in [3.63, 3.8) is 0 Å². The van der Waals surface area contributed by atoms with Crippen molar-refractivity contribution in [2.45, 2.75) is 6.42 Å². The summed E-state index contributed by atoms with van der Waals surface area (Å²) in [6, 6.07) is 9.35. The Morgan fingerprint density at radius 2 is 2.05 bits per heavy atom. The Morgan fingerprint density at radius 3 is 2.73 bits per heavy atom. The number of hydrogen-bond donors (Lipinski definition) is 2. The number of amides is 3. The highest BCUT2D eigenvalue weighted by atomic mass is 16.2. The van der Waals surface area contributed by atoms with Crippen LogP contribution < -0.4 is 10.6 Å². The van der Waals surface area contributed by atoms with Gasteiger partial charge in [0.15, 0.2) is 0 Å². The van der Waals surface area contributed by atoms with Gasteiger partial charge in [0.25, 0.3) is 0 Å². The highest BCUT2D eigenvalue weighted by Crippen LogP contribution is 2.32. The fourth-order valence-corrected chi connectivity index (χ4v) is 3.33. The number of nitrogens with zero attached hydrogens (tertiary/aromatic N) is 2. The van der Waals surface area contributed by atoms with Crippen molar-refractivity contribution in [1.82, 2.24) is 15.1 Å². The molecule has 3 rings (SSSR count). The largest absolute Gasteiger partial charge is 0.345 e. The number of hydrogen-bond acceptors (Lipinski definition) is 3. The van der Waals surface area contributed by atoms with E-state index in [0.717, 1.165) is 18.8 Å². The Bertz CT molecular complexity index is 563. The van der Waals surface area contributed by atoms with Crippen molar-refractivity contribution in [2.75, 3.05) is 45.1 Å². The van der Waals surface area contributed by atoms with Crippen molar-refractivity contribution in [3.8, 4) is 0 Å². The van der Waals surface area contributed by atoms with Gasteiger partial charge in [0.05, 0.1) is 0 Å². The summed E-state index contributed by atoms with van der Waals surface area (Å²) in [5.41, 5.74) is 0.620. The van der Waals surface area contributed by atoms with Gasteiger partial charge in [-0.15, -0.1) is 0 Å². The molecule has 2 aliphatic rings. The average Bonchev–Trinajstić information content (AvgIpc) is 2.67. The second-order valence-electron chi connectivity index (χ2n) is 6.32. The Labute approximate surface area is 130 Å². The Hall–Kier alpha value is -2.08. The van der Waals surface area contributed by atoms with Crippen LogP contribution in [0.25, 0.3) is 0 Å². The Balaban J connectivity index is 1.70. The average molecular weight is 302 g/mol. The van der Waals surface area contributed by atoms with Gasteiger partial charge in [-0.3, -0.25) is 4.79 Å². The van der Waals surface area contributed by atoms with Crippen LogP contribution in [0.2, 0.25) is 0 Å². The number of urea groups is 1. The lowest BCUT2D eigenvalue weighted by molar-refractivity contribution is -0.126. The number of para-hydroxylation sites is 1. The van der Waals surface area contributed by atoms with Crippen molar-refractivity contribution in [3.05, 3.63) is 30.3 Å². The number of likely N-dealkylation sites (tertiary alicyclic amines) is 1. The maximum absolute atomic E-state index is 12.5. The zero-order valence-electron chi connectivity index (χ0n) is 12.8. The van der Waals surface area contributed by atoms with Crippen molar-refractivity contribution < 1.29 is 9.59 Å². The van der Waals surface area contributed by atoms with Crippen LogP contribution in [0.5, 0.6) is 0 Å². The van der Waals surface area contributed by atoms with E-state index in [1.165, 1.54) is 0 Å². The molecule has 1 spiro atoms. The highest BCUT2D eigenvalue weighted by Gasteiger charge is 2.44. The first-order valence-electron chi connectivity index (χ1n) is 7.64. The first kappa shape index (κ1) is 14.8. The van der Waals surface area contributed by atoms with Crippen LogP contribution in [0, 0.1) is 5.41 Å². The predicted octanol–water partition coefficient (Wildman–Crippen LogP) is 0.972. The Morgan fingerprint density at radius 1 is 1.27 bits per heavy atom. The van der Waals surface area contributed by atoms with E-state index in [2.05, 4.69) is 10.6 Å². The maximum Gasteiger partial charge on any atom is 0.321 e. The van der Waals surface area contributed by atoms with E-state index in [9.17, 15) is 9.59 Å². The molecule has 2 N–H and O–H groups in total. The van der Waals surface area contributed by atoms with Crippen molar-refractivity contribution in [1.29, 1.82) is 0 Å². The molecule has 118 valence electrons. The quantitative estimate of drug-likeness (QED) is 0.812. The monoisotopic (exact) mass is 302 g/mol. The molecule has 1 atom stereocenters. The summed E-state index contributed by atoms with van der Waals surface area (Å²) >= 11 is 0. The standard InChI is InChI=1S/C16H22N4O2/c1-19-11-16(9-14(19)21)10-17-7-8-20(12-16)15(22)18-13-5-3-2-4-6-13/h2-6,17H,7-12H2,1H3,(H,18,22)/t16-/m1/s1. The van der Waals surface area contributed by atoms with Gasteiger partial charge >= 0.3 is 6.03 Å². The van der Waals surface area contributed by atoms with Crippen LogP contribution >= 0.6 is 0 Å². The van der Waals surface area contributed by atoms with Gasteiger partial charge in [-0.2, -0.15) is 0 Å². The minimum absolute atomic E-state index is 0.101. The normalized spacial score (nSPS) is 25.4. The van der Waals surface area contributed by atoms with Gasteiger partial charge in [-0.05, 0) is 12.1 Å². The molecule has 2 fully saturated rings. The zero-order chi connectivity index (χ0) is 15.6. The predicted molar refractivity (Wildman–Crippen MR) is 84.6 cm³/mol. The van der Waals surface area contributed by atoms with Gasteiger partial charge in [0.1, 0.15) is 0 Å². The van der Waals surface area contributed by atoms with E-state index in [1.807, 2.05) is 42.3 Å². The number of carbonyl (C=O) groups excluding carboxylic acids is 2. The maximum atomic E-state index is 12.5. The lowest BCUT2D eigenvalue weighted by atomic mass is 9.86. The first-order chi connectivity index (χ1) is 10.6. The van der Waals surface area contributed by atoms with E-state index in [1.54, 1.807) is 4.90 Å². The highest BCUT2D eigenvalue weighted by molar-refractivity contribution is 5.89. The molecule has 1 aromatic rings. The molecule has 0 unspecified atom stereocenters. The van der Waals surface area contributed by atoms with Crippen LogP contribution in [-0.2, 0) is 4.79 Å². The van der Waals surface area contributed by atoms with Crippen LogP contribution in [0.4, 0.5) is 10.5 Å². The van der Waals surface area contributed by atoms with E-state index < -0.39 is 0 Å². The molecule has 0 radical (unpaired) electrons. The van der Waals surface area contributed by atoms with Gasteiger partial charge in [-0.1, -0.05) is 18.2 Å². The van der Waals surface area contributed by atoms with Gasteiger partial charge in [0, 0.05) is 57.3 Å². The molecule has 0 aliphatic carbocycles. The third-order valence-corrected chi connectivity index (χ3v) is 4.42. The molecule has 6 nitrogen and oxygen atoms in total. The second-order valence-corrected chi connectivity index (χ2v) is 6.32. The molecule has 6 heteroatoms. The lowest BCUT2D eigenvalue weighted by Crippen LogP contribution is -2.45. The van der Waals surface area contributed by atoms with Crippen LogP contribution in [-0.4, -0.2) is 61.5 Å². The molecular formula is C16H22N4O2. The van der Waals surface area contributed by atoms with Gasteiger partial charge < -0.3 is 20.4 Å². The summed E-state index contributed by atoms with van der Waals surface area (Å²) in [7, 11) is 1.83. The fraction of sp³-hybridized carbons (Fsp3) is 0.500. The molecule has 22 heavy (non-hydrogen) atoms. The first-order valence-corrected chi connectivity index (χ1v) is 7.64. The molecule has 0 bridgehead atoms. The minimum Gasteiger partial charge on any atom is -0.345 e. The van der Waals surface area contributed by atoms with E-state index in [4.69, 9.17) is 0 Å². The van der Waals surface area contributed by atoms with E-state index in [-0.39, 0.29) is 17.4 Å².